The molecule has 0 bridgehead atoms. The average molecular weight is 592 g/mol. The smallest absolute Gasteiger partial charge is 0.290 e. The summed E-state index contributed by atoms with van der Waals surface area (Å²) in [5, 5.41) is 10.4. The first-order chi connectivity index (χ1) is 20.2. The molecule has 11 nitrogen and oxygen atoms in total. The maximum Gasteiger partial charge on any atom is 0.290 e. The van der Waals surface area contributed by atoms with Crippen molar-refractivity contribution in [3.05, 3.63) is 71.8 Å². The number of amides is 5. The lowest BCUT2D eigenvalue weighted by Crippen LogP contribution is -2.60. The molecule has 1 aliphatic rings. The predicted octanol–water partition coefficient (Wildman–Crippen LogP) is 1.26. The lowest BCUT2D eigenvalue weighted by atomic mass is 9.99. The van der Waals surface area contributed by atoms with Gasteiger partial charge < -0.3 is 27.0 Å². The van der Waals surface area contributed by atoms with E-state index in [2.05, 4.69) is 21.3 Å². The Hall–Kier alpha value is -4.54. The summed E-state index contributed by atoms with van der Waals surface area (Å²) in [5.74, 6) is -4.76. The van der Waals surface area contributed by atoms with E-state index < -0.39 is 52.6 Å². The van der Waals surface area contributed by atoms with Gasteiger partial charge in [0.15, 0.2) is 0 Å². The summed E-state index contributed by atoms with van der Waals surface area (Å²) in [4.78, 5) is 77.2. The normalized spacial score (nSPS) is 19.0. The minimum Gasteiger partial charge on any atom is -0.368 e. The zero-order chi connectivity index (χ0) is 31.9. The quantitative estimate of drug-likeness (QED) is 0.207. The predicted molar refractivity (Wildman–Crippen MR) is 160 cm³/mol. The minimum atomic E-state index is -1.37. The number of benzene rings is 2. The van der Waals surface area contributed by atoms with Gasteiger partial charge in [-0.15, -0.1) is 0 Å². The molecule has 0 spiro atoms. The number of hydrogen-bond acceptors (Lipinski definition) is 6. The molecule has 230 valence electrons. The monoisotopic (exact) mass is 591 g/mol. The molecule has 4 atom stereocenters. The summed E-state index contributed by atoms with van der Waals surface area (Å²) in [6.45, 7) is 7.90. The molecule has 1 fully saturated rings. The first kappa shape index (κ1) is 33.0. The summed E-state index contributed by atoms with van der Waals surface area (Å²) in [7, 11) is 0. The number of Topliss-reactive ketones (excluding diaryl/α,β-unsaturated/α-hetero) is 1. The molecule has 11 heteroatoms. The third kappa shape index (κ3) is 8.50. The molecule has 0 radical (unpaired) electrons. The van der Waals surface area contributed by atoms with Gasteiger partial charge in [-0.3, -0.25) is 28.8 Å². The lowest BCUT2D eigenvalue weighted by Gasteiger charge is -2.27. The summed E-state index contributed by atoms with van der Waals surface area (Å²) >= 11 is 0. The molecule has 1 saturated carbocycles. The van der Waals surface area contributed by atoms with Crippen LogP contribution < -0.4 is 27.0 Å². The van der Waals surface area contributed by atoms with Crippen LogP contribution in [0.5, 0.6) is 0 Å². The van der Waals surface area contributed by atoms with E-state index in [0.29, 0.717) is 6.42 Å². The van der Waals surface area contributed by atoms with Gasteiger partial charge in [-0.05, 0) is 50.7 Å². The van der Waals surface area contributed by atoms with Crippen LogP contribution >= 0.6 is 0 Å². The largest absolute Gasteiger partial charge is 0.368 e. The Morgan fingerprint density at radius 1 is 0.907 bits per heavy atom. The SMILES string of the molecule is CC(C)C[C@H](NC(=O)C(=O)C(C)NC(=O)C1(NC(=O)Cc2ccccc2)C[C@H]1c1ccccc1)C(=O)NC(C)(C)C(N)=O. The molecule has 0 aliphatic heterocycles. The number of primary amides is 1. The first-order valence-electron chi connectivity index (χ1n) is 14.3. The van der Waals surface area contributed by atoms with E-state index >= 15 is 0 Å². The fourth-order valence-corrected chi connectivity index (χ4v) is 4.85. The Balaban J connectivity index is 1.71. The average Bonchev–Trinajstić information content (AvgIpc) is 3.67. The maximum absolute atomic E-state index is 13.6. The third-order valence-electron chi connectivity index (χ3n) is 7.48. The third-order valence-corrected chi connectivity index (χ3v) is 7.48. The molecule has 3 rings (SSSR count). The van der Waals surface area contributed by atoms with Crippen LogP contribution in [0.15, 0.2) is 60.7 Å². The lowest BCUT2D eigenvalue weighted by molar-refractivity contribution is -0.142. The highest BCUT2D eigenvalue weighted by Gasteiger charge is 2.62. The van der Waals surface area contributed by atoms with Gasteiger partial charge in [-0.25, -0.2) is 0 Å². The zero-order valence-corrected chi connectivity index (χ0v) is 25.2. The highest BCUT2D eigenvalue weighted by atomic mass is 16.2. The fraction of sp³-hybridized carbons (Fsp3) is 0.438. The first-order valence-corrected chi connectivity index (χ1v) is 14.3. The van der Waals surface area contributed by atoms with E-state index in [-0.39, 0.29) is 30.6 Å². The topological polar surface area (TPSA) is 177 Å². The fourth-order valence-electron chi connectivity index (χ4n) is 4.85. The van der Waals surface area contributed by atoms with Crippen molar-refractivity contribution in [2.45, 2.75) is 83.0 Å². The number of rotatable bonds is 14. The maximum atomic E-state index is 13.6. The van der Waals surface area contributed by atoms with E-state index in [1.54, 1.807) is 0 Å². The number of nitrogens with two attached hydrogens (primary N) is 1. The van der Waals surface area contributed by atoms with Gasteiger partial charge >= 0.3 is 0 Å². The minimum absolute atomic E-state index is 0.0379. The van der Waals surface area contributed by atoms with Crippen molar-refractivity contribution in [1.29, 1.82) is 0 Å². The Bertz CT molecular complexity index is 1360. The molecule has 2 unspecified atom stereocenters. The van der Waals surface area contributed by atoms with Crippen LogP contribution in [-0.2, 0) is 35.2 Å². The second kappa shape index (κ2) is 13.6. The van der Waals surface area contributed by atoms with Crippen LogP contribution in [0, 0.1) is 5.92 Å². The summed E-state index contributed by atoms with van der Waals surface area (Å²) in [5.41, 5.74) is 4.32. The molecule has 6 N–H and O–H groups in total. The Morgan fingerprint density at radius 2 is 1.49 bits per heavy atom. The van der Waals surface area contributed by atoms with Crippen LogP contribution in [0.2, 0.25) is 0 Å². The number of carbonyl (C=O) groups excluding carboxylic acids is 6. The van der Waals surface area contributed by atoms with E-state index in [0.717, 1.165) is 11.1 Å². The van der Waals surface area contributed by atoms with Crippen LogP contribution in [0.3, 0.4) is 0 Å². The highest BCUT2D eigenvalue weighted by molar-refractivity contribution is 6.38. The van der Waals surface area contributed by atoms with E-state index in [9.17, 15) is 28.8 Å². The van der Waals surface area contributed by atoms with Crippen molar-refractivity contribution < 1.29 is 28.8 Å². The Kier molecular flexibility index (Phi) is 10.4. The Labute approximate surface area is 251 Å². The summed E-state index contributed by atoms with van der Waals surface area (Å²) < 4.78 is 0. The molecule has 0 heterocycles. The van der Waals surface area contributed by atoms with E-state index in [1.807, 2.05) is 74.5 Å². The molecule has 43 heavy (non-hydrogen) atoms. The summed E-state index contributed by atoms with van der Waals surface area (Å²) in [6, 6.07) is 16.0. The standard InChI is InChI=1S/C32H41N5O6/c1-19(2)16-24(27(40)37-31(4,5)29(33)42)35-28(41)26(39)20(3)34-30(43)32(18-23(32)22-14-10-7-11-15-22)36-25(38)17-21-12-8-6-9-13-21/h6-15,19-20,23-24H,16-18H2,1-5H3,(H2,33,42)(H,34,43)(H,35,41)(H,36,38)(H,37,40)/t20?,23-,24-,32?/m0/s1. The van der Waals surface area contributed by atoms with Gasteiger partial charge in [-0.2, -0.15) is 0 Å². The number of nitrogens with one attached hydrogen (secondary N) is 4. The van der Waals surface area contributed by atoms with Gasteiger partial charge in [0.1, 0.15) is 17.1 Å². The molecule has 2 aromatic carbocycles. The number of ketones is 1. The molecule has 0 aromatic heterocycles. The van der Waals surface area contributed by atoms with Gasteiger partial charge in [-0.1, -0.05) is 74.5 Å². The van der Waals surface area contributed by atoms with E-state index in [4.69, 9.17) is 5.73 Å². The van der Waals surface area contributed by atoms with Crippen molar-refractivity contribution in [2.24, 2.45) is 11.7 Å². The molecular weight excluding hydrogens is 550 g/mol. The second-order valence-electron chi connectivity index (χ2n) is 12.0. The van der Waals surface area contributed by atoms with Crippen LogP contribution in [0.1, 0.15) is 64.5 Å². The van der Waals surface area contributed by atoms with Crippen molar-refractivity contribution in [1.82, 2.24) is 21.3 Å². The molecule has 2 aromatic rings. The van der Waals surface area contributed by atoms with Crippen molar-refractivity contribution in [3.63, 3.8) is 0 Å². The molecular formula is C32H41N5O6. The number of hydrogen-bond donors (Lipinski definition) is 5. The zero-order valence-electron chi connectivity index (χ0n) is 25.2. The highest BCUT2D eigenvalue weighted by Crippen LogP contribution is 2.51. The van der Waals surface area contributed by atoms with E-state index in [1.165, 1.54) is 20.8 Å². The number of carbonyl (C=O) groups is 6. The van der Waals surface area contributed by atoms with Crippen LogP contribution in [0.4, 0.5) is 0 Å². The van der Waals surface area contributed by atoms with Crippen molar-refractivity contribution in [2.75, 3.05) is 0 Å². The summed E-state index contributed by atoms with van der Waals surface area (Å²) in [6.07, 6.45) is 0.582. The molecule has 0 saturated heterocycles. The Morgan fingerprint density at radius 3 is 2.05 bits per heavy atom. The van der Waals surface area contributed by atoms with Crippen LogP contribution in [-0.4, -0.2) is 58.5 Å². The second-order valence-corrected chi connectivity index (χ2v) is 12.0. The van der Waals surface area contributed by atoms with Crippen LogP contribution in [0.25, 0.3) is 0 Å². The van der Waals surface area contributed by atoms with Crippen molar-refractivity contribution >= 4 is 35.3 Å². The van der Waals surface area contributed by atoms with Gasteiger partial charge in [0, 0.05) is 5.92 Å². The van der Waals surface area contributed by atoms with Gasteiger partial charge in [0.2, 0.25) is 29.4 Å². The molecule has 5 amide bonds. The van der Waals surface area contributed by atoms with Gasteiger partial charge in [0.25, 0.3) is 5.91 Å². The van der Waals surface area contributed by atoms with Crippen molar-refractivity contribution in [3.8, 4) is 0 Å². The molecule has 1 aliphatic carbocycles. The van der Waals surface area contributed by atoms with Gasteiger partial charge in [0.05, 0.1) is 12.5 Å².